The second kappa shape index (κ2) is 7.18. The van der Waals surface area contributed by atoms with Gasteiger partial charge in [-0.1, -0.05) is 74.0 Å². The van der Waals surface area contributed by atoms with Gasteiger partial charge in [0.1, 0.15) is 5.54 Å². The summed E-state index contributed by atoms with van der Waals surface area (Å²) in [6, 6.07) is 20.4. The first kappa shape index (κ1) is 16.7. The van der Waals surface area contributed by atoms with Gasteiger partial charge in [-0.05, 0) is 29.9 Å². The van der Waals surface area contributed by atoms with E-state index in [4.69, 9.17) is 0 Å². The van der Waals surface area contributed by atoms with Crippen LogP contribution in [0.4, 0.5) is 0 Å². The molecule has 0 heterocycles. The highest BCUT2D eigenvalue weighted by Crippen LogP contribution is 2.42. The molecule has 3 rings (SSSR count). The Kier molecular flexibility index (Phi) is 5.00. The van der Waals surface area contributed by atoms with Crippen LogP contribution in [0, 0.1) is 5.92 Å². The minimum Gasteiger partial charge on any atom is -0.480 e. The standard InChI is InChI=1S/C21H25NO2/c1-17-9-8-14-21(17,20(23)24)22(15-18-10-4-2-5-11-18)16-19-12-6-3-7-13-19/h2-7,10-13,17H,8-9,14-16H2,1H3,(H,23,24). The molecule has 0 aliphatic heterocycles. The van der Waals surface area contributed by atoms with Crippen LogP contribution in [0.3, 0.4) is 0 Å². The van der Waals surface area contributed by atoms with Gasteiger partial charge in [-0.3, -0.25) is 9.69 Å². The molecule has 1 fully saturated rings. The van der Waals surface area contributed by atoms with E-state index in [1.807, 2.05) is 36.4 Å². The lowest BCUT2D eigenvalue weighted by molar-refractivity contribution is -0.155. The molecule has 3 heteroatoms. The van der Waals surface area contributed by atoms with E-state index < -0.39 is 11.5 Å². The van der Waals surface area contributed by atoms with Crippen LogP contribution in [-0.2, 0) is 17.9 Å². The minimum absolute atomic E-state index is 0.155. The molecule has 1 aliphatic rings. The van der Waals surface area contributed by atoms with E-state index in [9.17, 15) is 9.90 Å². The van der Waals surface area contributed by atoms with Crippen molar-refractivity contribution in [3.05, 3.63) is 71.8 Å². The predicted molar refractivity (Wildman–Crippen MR) is 95.5 cm³/mol. The van der Waals surface area contributed by atoms with Gasteiger partial charge in [0.05, 0.1) is 0 Å². The molecule has 1 N–H and O–H groups in total. The second-order valence-electron chi connectivity index (χ2n) is 6.85. The second-order valence-corrected chi connectivity index (χ2v) is 6.85. The van der Waals surface area contributed by atoms with E-state index in [0.29, 0.717) is 13.1 Å². The molecule has 0 radical (unpaired) electrons. The lowest BCUT2D eigenvalue weighted by atomic mass is 9.85. The SMILES string of the molecule is CC1CCCC1(C(=O)O)N(Cc1ccccc1)Cc1ccccc1. The van der Waals surface area contributed by atoms with Gasteiger partial charge >= 0.3 is 5.97 Å². The van der Waals surface area contributed by atoms with Crippen molar-refractivity contribution in [1.29, 1.82) is 0 Å². The summed E-state index contributed by atoms with van der Waals surface area (Å²) >= 11 is 0. The number of carboxylic acid groups (broad SMARTS) is 1. The van der Waals surface area contributed by atoms with E-state index in [1.54, 1.807) is 0 Å². The Morgan fingerprint density at radius 1 is 1.04 bits per heavy atom. The zero-order chi connectivity index (χ0) is 17.0. The molecule has 1 aliphatic carbocycles. The molecule has 0 saturated heterocycles. The van der Waals surface area contributed by atoms with Crippen LogP contribution in [0.2, 0.25) is 0 Å². The number of aliphatic carboxylic acids is 1. The van der Waals surface area contributed by atoms with E-state index >= 15 is 0 Å². The van der Waals surface area contributed by atoms with Crippen molar-refractivity contribution in [2.24, 2.45) is 5.92 Å². The smallest absolute Gasteiger partial charge is 0.324 e. The van der Waals surface area contributed by atoms with Gasteiger partial charge in [0, 0.05) is 13.1 Å². The van der Waals surface area contributed by atoms with Crippen molar-refractivity contribution in [2.75, 3.05) is 0 Å². The summed E-state index contributed by atoms with van der Waals surface area (Å²) in [5, 5.41) is 10.1. The lowest BCUT2D eigenvalue weighted by Gasteiger charge is -2.41. The summed E-state index contributed by atoms with van der Waals surface area (Å²) in [6.45, 7) is 3.41. The van der Waals surface area contributed by atoms with Gasteiger partial charge in [0.2, 0.25) is 0 Å². The lowest BCUT2D eigenvalue weighted by Crippen LogP contribution is -2.55. The first-order valence-corrected chi connectivity index (χ1v) is 8.69. The molecule has 3 nitrogen and oxygen atoms in total. The van der Waals surface area contributed by atoms with Crippen molar-refractivity contribution in [1.82, 2.24) is 4.90 Å². The number of rotatable bonds is 6. The number of hydrogen-bond donors (Lipinski definition) is 1. The summed E-state index contributed by atoms with van der Waals surface area (Å²) in [7, 11) is 0. The average Bonchev–Trinajstić information content (AvgIpc) is 2.99. The quantitative estimate of drug-likeness (QED) is 0.860. The average molecular weight is 323 g/mol. The Morgan fingerprint density at radius 3 is 1.92 bits per heavy atom. The number of benzene rings is 2. The van der Waals surface area contributed by atoms with Crippen molar-refractivity contribution in [3.8, 4) is 0 Å². The third kappa shape index (κ3) is 3.22. The zero-order valence-corrected chi connectivity index (χ0v) is 14.2. The van der Waals surface area contributed by atoms with E-state index in [1.165, 1.54) is 0 Å². The minimum atomic E-state index is -0.772. The number of hydrogen-bond acceptors (Lipinski definition) is 2. The molecule has 126 valence electrons. The Bertz CT molecular complexity index is 629. The van der Waals surface area contributed by atoms with E-state index in [-0.39, 0.29) is 5.92 Å². The molecule has 0 amide bonds. The van der Waals surface area contributed by atoms with Crippen LogP contribution in [0.25, 0.3) is 0 Å². The topological polar surface area (TPSA) is 40.5 Å². The van der Waals surface area contributed by atoms with Crippen LogP contribution in [0.1, 0.15) is 37.3 Å². The fourth-order valence-electron chi connectivity index (χ4n) is 4.03. The van der Waals surface area contributed by atoms with Gasteiger partial charge in [-0.25, -0.2) is 0 Å². The molecule has 2 aromatic carbocycles. The number of nitrogens with zero attached hydrogens (tertiary/aromatic N) is 1. The normalized spacial score (nSPS) is 23.5. The predicted octanol–water partition coefficient (Wildman–Crippen LogP) is 4.33. The van der Waals surface area contributed by atoms with Gasteiger partial charge in [-0.2, -0.15) is 0 Å². The molecule has 1 saturated carbocycles. The van der Waals surface area contributed by atoms with Crippen LogP contribution < -0.4 is 0 Å². The molecular weight excluding hydrogens is 298 g/mol. The Labute approximate surface area is 143 Å². The summed E-state index contributed by atoms with van der Waals surface area (Å²) < 4.78 is 0. The van der Waals surface area contributed by atoms with Crippen molar-refractivity contribution in [2.45, 2.75) is 44.8 Å². The summed E-state index contributed by atoms with van der Waals surface area (Å²) in [4.78, 5) is 14.5. The highest BCUT2D eigenvalue weighted by Gasteiger charge is 2.51. The largest absolute Gasteiger partial charge is 0.480 e. The Balaban J connectivity index is 1.95. The summed E-state index contributed by atoms with van der Waals surface area (Å²) in [5.41, 5.74) is 1.55. The van der Waals surface area contributed by atoms with Gasteiger partial charge in [0.15, 0.2) is 0 Å². The molecular formula is C21H25NO2. The van der Waals surface area contributed by atoms with E-state index in [0.717, 1.165) is 30.4 Å². The van der Waals surface area contributed by atoms with Crippen LogP contribution in [-0.4, -0.2) is 21.5 Å². The fourth-order valence-corrected chi connectivity index (χ4v) is 4.03. The summed E-state index contributed by atoms with van der Waals surface area (Å²) in [6.07, 6.45) is 2.68. The Hall–Kier alpha value is -2.13. The molecule has 0 spiro atoms. The van der Waals surface area contributed by atoms with Crippen molar-refractivity contribution < 1.29 is 9.90 Å². The van der Waals surface area contributed by atoms with Gasteiger partial charge in [0.25, 0.3) is 0 Å². The number of carboxylic acids is 1. The number of carbonyl (C=O) groups is 1. The van der Waals surface area contributed by atoms with Crippen molar-refractivity contribution in [3.63, 3.8) is 0 Å². The maximum absolute atomic E-state index is 12.3. The van der Waals surface area contributed by atoms with Gasteiger partial charge < -0.3 is 5.11 Å². The monoisotopic (exact) mass is 323 g/mol. The molecule has 2 aromatic rings. The maximum atomic E-state index is 12.3. The molecule has 2 atom stereocenters. The third-order valence-electron chi connectivity index (χ3n) is 5.38. The first-order valence-electron chi connectivity index (χ1n) is 8.69. The molecule has 0 aromatic heterocycles. The molecule has 24 heavy (non-hydrogen) atoms. The highest BCUT2D eigenvalue weighted by molar-refractivity contribution is 5.79. The van der Waals surface area contributed by atoms with Crippen molar-refractivity contribution >= 4 is 5.97 Å². The van der Waals surface area contributed by atoms with Crippen LogP contribution in [0.15, 0.2) is 60.7 Å². The fraction of sp³-hybridized carbons (Fsp3) is 0.381. The zero-order valence-electron chi connectivity index (χ0n) is 14.2. The first-order chi connectivity index (χ1) is 11.6. The summed E-state index contributed by atoms with van der Waals surface area (Å²) in [5.74, 6) is -0.526. The van der Waals surface area contributed by atoms with Gasteiger partial charge in [-0.15, -0.1) is 0 Å². The van der Waals surface area contributed by atoms with Crippen LogP contribution >= 0.6 is 0 Å². The Morgan fingerprint density at radius 2 is 1.54 bits per heavy atom. The van der Waals surface area contributed by atoms with E-state index in [2.05, 4.69) is 36.1 Å². The third-order valence-corrected chi connectivity index (χ3v) is 5.38. The highest BCUT2D eigenvalue weighted by atomic mass is 16.4. The maximum Gasteiger partial charge on any atom is 0.324 e. The molecule has 0 bridgehead atoms. The molecule has 2 unspecified atom stereocenters. The van der Waals surface area contributed by atoms with Crippen LogP contribution in [0.5, 0.6) is 0 Å².